The highest BCUT2D eigenvalue weighted by atomic mass is 15.1. The van der Waals surface area contributed by atoms with Crippen LogP contribution in [0.4, 0.5) is 5.69 Å². The molecule has 1 saturated heterocycles. The molecule has 1 fully saturated rings. The molecule has 2 heterocycles. The number of aromatic nitrogens is 1. The van der Waals surface area contributed by atoms with Gasteiger partial charge in [-0.3, -0.25) is 4.98 Å². The molecular weight excluding hydrogens is 248 g/mol. The van der Waals surface area contributed by atoms with Crippen molar-refractivity contribution in [1.29, 1.82) is 5.26 Å². The van der Waals surface area contributed by atoms with E-state index in [1.165, 1.54) is 12.8 Å². The zero-order valence-corrected chi connectivity index (χ0v) is 13.0. The molecule has 1 aliphatic heterocycles. The fraction of sp³-hybridized carbons (Fsp3) is 0.625. The van der Waals surface area contributed by atoms with Crippen LogP contribution in [0.25, 0.3) is 0 Å². The fourth-order valence-electron chi connectivity index (χ4n) is 2.75. The Morgan fingerprint density at radius 2 is 2.05 bits per heavy atom. The highest BCUT2D eigenvalue weighted by molar-refractivity contribution is 5.59. The van der Waals surface area contributed by atoms with E-state index >= 15 is 0 Å². The number of nitrogens with one attached hydrogen (secondary N) is 1. The first-order valence-corrected chi connectivity index (χ1v) is 7.24. The van der Waals surface area contributed by atoms with Gasteiger partial charge in [-0.05, 0) is 58.3 Å². The number of likely N-dealkylation sites (tertiary alicyclic amines) is 1. The summed E-state index contributed by atoms with van der Waals surface area (Å²) in [5, 5.41) is 12.8. The van der Waals surface area contributed by atoms with Gasteiger partial charge in [-0.15, -0.1) is 0 Å². The fourth-order valence-corrected chi connectivity index (χ4v) is 2.75. The Bertz CT molecular complexity index is 522. The number of nitriles is 1. The van der Waals surface area contributed by atoms with Gasteiger partial charge in [-0.1, -0.05) is 6.92 Å². The molecule has 1 aromatic heterocycles. The van der Waals surface area contributed by atoms with Crippen LogP contribution in [-0.2, 0) is 0 Å². The van der Waals surface area contributed by atoms with Crippen molar-refractivity contribution in [3.63, 3.8) is 0 Å². The zero-order valence-electron chi connectivity index (χ0n) is 13.0. The molecule has 0 aromatic carbocycles. The third kappa shape index (κ3) is 3.29. The topological polar surface area (TPSA) is 52.0 Å². The second-order valence-corrected chi connectivity index (χ2v) is 6.35. The second-order valence-electron chi connectivity index (χ2n) is 6.35. The molecule has 4 heteroatoms. The van der Waals surface area contributed by atoms with Crippen LogP contribution >= 0.6 is 0 Å². The average molecular weight is 272 g/mol. The third-order valence-corrected chi connectivity index (χ3v) is 4.34. The standard InChI is InChI=1S/C16H24N4/c1-12-9-15(14(10-17)13(2)19-12)18-11-16(3)5-7-20(4)8-6-16/h9H,5-8,11H2,1-4H3,(H,18,19). The minimum Gasteiger partial charge on any atom is -0.383 e. The van der Waals surface area contributed by atoms with E-state index in [1.807, 2.05) is 19.9 Å². The summed E-state index contributed by atoms with van der Waals surface area (Å²) in [7, 11) is 2.18. The largest absolute Gasteiger partial charge is 0.383 e. The Labute approximate surface area is 121 Å². The number of rotatable bonds is 3. The van der Waals surface area contributed by atoms with Crippen molar-refractivity contribution in [2.45, 2.75) is 33.6 Å². The van der Waals surface area contributed by atoms with E-state index in [0.29, 0.717) is 11.0 Å². The predicted molar refractivity (Wildman–Crippen MR) is 81.8 cm³/mol. The maximum absolute atomic E-state index is 9.29. The summed E-state index contributed by atoms with van der Waals surface area (Å²) in [6.07, 6.45) is 2.39. The highest BCUT2D eigenvalue weighted by Crippen LogP contribution is 2.31. The molecule has 0 saturated carbocycles. The lowest BCUT2D eigenvalue weighted by Crippen LogP contribution is -2.40. The van der Waals surface area contributed by atoms with Gasteiger partial charge in [-0.25, -0.2) is 0 Å². The molecule has 0 spiro atoms. The second kappa shape index (κ2) is 5.80. The molecule has 20 heavy (non-hydrogen) atoms. The molecule has 0 atom stereocenters. The van der Waals surface area contributed by atoms with Gasteiger partial charge in [-0.2, -0.15) is 5.26 Å². The predicted octanol–water partition coefficient (Wildman–Crippen LogP) is 2.71. The maximum Gasteiger partial charge on any atom is 0.103 e. The minimum atomic E-state index is 0.310. The molecule has 0 bridgehead atoms. The summed E-state index contributed by atoms with van der Waals surface area (Å²) in [6, 6.07) is 4.24. The van der Waals surface area contributed by atoms with Crippen molar-refractivity contribution >= 4 is 5.69 Å². The van der Waals surface area contributed by atoms with E-state index in [0.717, 1.165) is 36.7 Å². The Kier molecular flexibility index (Phi) is 4.29. The first-order valence-electron chi connectivity index (χ1n) is 7.24. The summed E-state index contributed by atoms with van der Waals surface area (Å²) in [6.45, 7) is 9.42. The van der Waals surface area contributed by atoms with Crippen LogP contribution in [0.5, 0.6) is 0 Å². The first-order chi connectivity index (χ1) is 9.43. The summed E-state index contributed by atoms with van der Waals surface area (Å²) in [4.78, 5) is 6.74. The molecule has 0 radical (unpaired) electrons. The van der Waals surface area contributed by atoms with Gasteiger partial charge in [0.15, 0.2) is 0 Å². The molecule has 1 aromatic rings. The van der Waals surface area contributed by atoms with E-state index < -0.39 is 0 Å². The highest BCUT2D eigenvalue weighted by Gasteiger charge is 2.28. The van der Waals surface area contributed by atoms with Crippen LogP contribution in [0.1, 0.15) is 36.7 Å². The Balaban J connectivity index is 2.10. The number of pyridine rings is 1. The lowest BCUT2D eigenvalue weighted by Gasteiger charge is -2.38. The van der Waals surface area contributed by atoms with Crippen molar-refractivity contribution in [2.24, 2.45) is 5.41 Å². The molecule has 1 N–H and O–H groups in total. The van der Waals surface area contributed by atoms with E-state index in [4.69, 9.17) is 0 Å². The summed E-state index contributed by atoms with van der Waals surface area (Å²) in [5.74, 6) is 0. The first kappa shape index (κ1) is 14.8. The molecule has 1 aliphatic rings. The third-order valence-electron chi connectivity index (χ3n) is 4.34. The summed E-state index contributed by atoms with van der Waals surface area (Å²) in [5.41, 5.74) is 3.68. The van der Waals surface area contributed by atoms with Gasteiger partial charge in [0.25, 0.3) is 0 Å². The van der Waals surface area contributed by atoms with Crippen LogP contribution in [0.3, 0.4) is 0 Å². The average Bonchev–Trinajstić information content (AvgIpc) is 2.40. The SMILES string of the molecule is Cc1cc(NCC2(C)CCN(C)CC2)c(C#N)c(C)n1. The lowest BCUT2D eigenvalue weighted by atomic mass is 9.80. The van der Waals surface area contributed by atoms with Crippen LogP contribution in [-0.4, -0.2) is 36.6 Å². The molecule has 4 nitrogen and oxygen atoms in total. The smallest absolute Gasteiger partial charge is 0.103 e. The Morgan fingerprint density at radius 3 is 2.65 bits per heavy atom. The van der Waals surface area contributed by atoms with Crippen molar-refractivity contribution < 1.29 is 0 Å². The molecule has 108 valence electrons. The summed E-state index contributed by atoms with van der Waals surface area (Å²) < 4.78 is 0. The van der Waals surface area contributed by atoms with Gasteiger partial charge >= 0.3 is 0 Å². The number of piperidine rings is 1. The van der Waals surface area contributed by atoms with Gasteiger partial charge in [0, 0.05) is 12.2 Å². The van der Waals surface area contributed by atoms with Crippen molar-refractivity contribution in [2.75, 3.05) is 32.0 Å². The van der Waals surface area contributed by atoms with Crippen LogP contribution in [0.2, 0.25) is 0 Å². The van der Waals surface area contributed by atoms with Gasteiger partial charge in [0.05, 0.1) is 16.9 Å². The monoisotopic (exact) mass is 272 g/mol. The Hall–Kier alpha value is -1.60. The normalized spacial score (nSPS) is 18.6. The van der Waals surface area contributed by atoms with Crippen LogP contribution in [0, 0.1) is 30.6 Å². The van der Waals surface area contributed by atoms with E-state index in [1.54, 1.807) is 0 Å². The van der Waals surface area contributed by atoms with E-state index in [2.05, 4.69) is 35.2 Å². The summed E-state index contributed by atoms with van der Waals surface area (Å²) >= 11 is 0. The minimum absolute atomic E-state index is 0.310. The lowest BCUT2D eigenvalue weighted by molar-refractivity contribution is 0.150. The van der Waals surface area contributed by atoms with Gasteiger partial charge in [0.2, 0.25) is 0 Å². The van der Waals surface area contributed by atoms with E-state index in [-0.39, 0.29) is 0 Å². The van der Waals surface area contributed by atoms with Gasteiger partial charge in [0.1, 0.15) is 6.07 Å². The molecular formula is C16H24N4. The number of hydrogen-bond acceptors (Lipinski definition) is 4. The number of hydrogen-bond donors (Lipinski definition) is 1. The Morgan fingerprint density at radius 1 is 1.40 bits per heavy atom. The molecule has 0 aliphatic carbocycles. The zero-order chi connectivity index (χ0) is 14.8. The molecule has 0 unspecified atom stereocenters. The number of aryl methyl sites for hydroxylation is 2. The van der Waals surface area contributed by atoms with Gasteiger partial charge < -0.3 is 10.2 Å². The van der Waals surface area contributed by atoms with Crippen molar-refractivity contribution in [3.05, 3.63) is 23.0 Å². The number of anilines is 1. The maximum atomic E-state index is 9.29. The van der Waals surface area contributed by atoms with E-state index in [9.17, 15) is 5.26 Å². The molecule has 0 amide bonds. The quantitative estimate of drug-likeness (QED) is 0.919. The van der Waals surface area contributed by atoms with Crippen LogP contribution < -0.4 is 5.32 Å². The molecule has 2 rings (SSSR count). The van der Waals surface area contributed by atoms with Crippen molar-refractivity contribution in [3.8, 4) is 6.07 Å². The van der Waals surface area contributed by atoms with Crippen LogP contribution in [0.15, 0.2) is 6.07 Å². The van der Waals surface area contributed by atoms with Crippen molar-refractivity contribution in [1.82, 2.24) is 9.88 Å². The number of nitrogens with zero attached hydrogens (tertiary/aromatic N) is 3.